The van der Waals surface area contributed by atoms with E-state index >= 15 is 0 Å². The Bertz CT molecular complexity index is 524. The number of nitrogens with one attached hydrogen (secondary N) is 1. The molecule has 0 fully saturated rings. The van der Waals surface area contributed by atoms with Crippen LogP contribution in [0, 0.1) is 0 Å². The van der Waals surface area contributed by atoms with Gasteiger partial charge in [-0.3, -0.25) is 0 Å². The second-order valence-electron chi connectivity index (χ2n) is 4.13. The van der Waals surface area contributed by atoms with E-state index in [1.54, 1.807) is 6.26 Å². The highest BCUT2D eigenvalue weighted by atomic mass is 35.5. The third kappa shape index (κ3) is 1.87. The van der Waals surface area contributed by atoms with Crippen LogP contribution >= 0.6 is 11.6 Å². The molecule has 3 nitrogen and oxygen atoms in total. The summed E-state index contributed by atoms with van der Waals surface area (Å²) in [6, 6.07) is 9.50. The molecule has 4 heteroatoms. The minimum absolute atomic E-state index is 0.129. The SMILES string of the molecule is CC1Nc2ccc(Cl)cc2OC1c1ccco1. The molecule has 1 aromatic carbocycles. The molecule has 1 aliphatic rings. The molecule has 2 atom stereocenters. The van der Waals surface area contributed by atoms with E-state index in [0.717, 1.165) is 17.2 Å². The number of furan rings is 1. The van der Waals surface area contributed by atoms with Crippen LogP contribution < -0.4 is 10.1 Å². The number of fused-ring (bicyclic) bond motifs is 1. The Balaban J connectivity index is 1.96. The van der Waals surface area contributed by atoms with E-state index in [4.69, 9.17) is 20.8 Å². The van der Waals surface area contributed by atoms with E-state index in [9.17, 15) is 0 Å². The van der Waals surface area contributed by atoms with Gasteiger partial charge < -0.3 is 14.5 Å². The van der Waals surface area contributed by atoms with E-state index in [2.05, 4.69) is 12.2 Å². The smallest absolute Gasteiger partial charge is 0.176 e. The van der Waals surface area contributed by atoms with Crippen LogP contribution in [0.1, 0.15) is 18.8 Å². The maximum atomic E-state index is 5.95. The summed E-state index contributed by atoms with van der Waals surface area (Å²) in [4.78, 5) is 0. The molecule has 3 rings (SSSR count). The molecule has 2 unspecified atom stereocenters. The summed E-state index contributed by atoms with van der Waals surface area (Å²) in [5.41, 5.74) is 0.963. The van der Waals surface area contributed by atoms with E-state index in [0.29, 0.717) is 5.02 Å². The largest absolute Gasteiger partial charge is 0.478 e. The van der Waals surface area contributed by atoms with Crippen molar-refractivity contribution in [2.75, 3.05) is 5.32 Å². The third-order valence-corrected chi connectivity index (χ3v) is 3.09. The lowest BCUT2D eigenvalue weighted by molar-refractivity contribution is 0.151. The molecule has 0 saturated carbocycles. The molecule has 2 aromatic rings. The normalized spacial score (nSPS) is 22.5. The van der Waals surface area contributed by atoms with Gasteiger partial charge in [0.05, 0.1) is 18.0 Å². The first-order valence-electron chi connectivity index (χ1n) is 5.50. The van der Waals surface area contributed by atoms with Crippen LogP contribution in [-0.2, 0) is 0 Å². The van der Waals surface area contributed by atoms with Crippen molar-refractivity contribution in [3.05, 3.63) is 47.4 Å². The molecule has 2 heterocycles. The monoisotopic (exact) mass is 249 g/mol. The first-order valence-corrected chi connectivity index (χ1v) is 5.88. The van der Waals surface area contributed by atoms with Gasteiger partial charge in [-0.05, 0) is 31.2 Å². The maximum absolute atomic E-state index is 5.95. The molecule has 0 aliphatic carbocycles. The van der Waals surface area contributed by atoms with Crippen LogP contribution in [0.15, 0.2) is 41.0 Å². The van der Waals surface area contributed by atoms with Crippen LogP contribution in [0.4, 0.5) is 5.69 Å². The quantitative estimate of drug-likeness (QED) is 0.833. The highest BCUT2D eigenvalue weighted by Gasteiger charge is 2.29. The Morgan fingerprint density at radius 1 is 1.29 bits per heavy atom. The Kier molecular flexibility index (Phi) is 2.48. The fourth-order valence-corrected chi connectivity index (χ4v) is 2.19. The van der Waals surface area contributed by atoms with Crippen molar-refractivity contribution in [2.45, 2.75) is 19.1 Å². The van der Waals surface area contributed by atoms with Crippen LogP contribution in [0.3, 0.4) is 0 Å². The summed E-state index contributed by atoms with van der Waals surface area (Å²) in [6.07, 6.45) is 1.52. The van der Waals surface area contributed by atoms with E-state index in [-0.39, 0.29) is 12.1 Å². The zero-order valence-corrected chi connectivity index (χ0v) is 10.1. The second kappa shape index (κ2) is 4.00. The zero-order chi connectivity index (χ0) is 11.8. The van der Waals surface area contributed by atoms with E-state index in [1.807, 2.05) is 30.3 Å². The number of ether oxygens (including phenoxy) is 1. The lowest BCUT2D eigenvalue weighted by Crippen LogP contribution is -2.32. The molecule has 1 N–H and O–H groups in total. The number of hydrogen-bond acceptors (Lipinski definition) is 3. The molecule has 1 aromatic heterocycles. The van der Waals surface area contributed by atoms with Gasteiger partial charge in [-0.25, -0.2) is 0 Å². The highest BCUT2D eigenvalue weighted by Crippen LogP contribution is 2.38. The fourth-order valence-electron chi connectivity index (χ4n) is 2.03. The minimum Gasteiger partial charge on any atom is -0.478 e. The number of halogens is 1. The molecule has 0 spiro atoms. The molecule has 0 radical (unpaired) electrons. The van der Waals surface area contributed by atoms with Gasteiger partial charge >= 0.3 is 0 Å². The number of benzene rings is 1. The standard InChI is InChI=1S/C13H12ClNO2/c1-8-13(11-3-2-6-16-11)17-12-7-9(14)4-5-10(12)15-8/h2-8,13,15H,1H3. The minimum atomic E-state index is -0.129. The van der Waals surface area contributed by atoms with Crippen molar-refractivity contribution in [1.82, 2.24) is 0 Å². The van der Waals surface area contributed by atoms with Crippen molar-refractivity contribution in [3.63, 3.8) is 0 Å². The van der Waals surface area contributed by atoms with Gasteiger partial charge in [0.15, 0.2) is 6.10 Å². The molecular weight excluding hydrogens is 238 g/mol. The van der Waals surface area contributed by atoms with Gasteiger partial charge in [0, 0.05) is 11.1 Å². The van der Waals surface area contributed by atoms with Gasteiger partial charge in [0.1, 0.15) is 11.5 Å². The van der Waals surface area contributed by atoms with Crippen LogP contribution in [0.5, 0.6) is 5.75 Å². The lowest BCUT2D eigenvalue weighted by atomic mass is 10.1. The molecule has 0 saturated heterocycles. The predicted molar refractivity (Wildman–Crippen MR) is 66.6 cm³/mol. The molecule has 1 aliphatic heterocycles. The molecular formula is C13H12ClNO2. The number of hydrogen-bond donors (Lipinski definition) is 1. The average Bonchev–Trinajstić information content (AvgIpc) is 2.82. The van der Waals surface area contributed by atoms with Crippen molar-refractivity contribution < 1.29 is 9.15 Å². The van der Waals surface area contributed by atoms with Crippen molar-refractivity contribution >= 4 is 17.3 Å². The predicted octanol–water partition coefficient (Wildman–Crippen LogP) is 3.87. The summed E-state index contributed by atoms with van der Waals surface area (Å²) < 4.78 is 11.3. The van der Waals surface area contributed by atoms with Crippen molar-refractivity contribution in [3.8, 4) is 5.75 Å². The highest BCUT2D eigenvalue weighted by molar-refractivity contribution is 6.30. The first-order chi connectivity index (χ1) is 8.24. The molecule has 0 bridgehead atoms. The van der Waals surface area contributed by atoms with Gasteiger partial charge in [-0.15, -0.1) is 0 Å². The maximum Gasteiger partial charge on any atom is 0.176 e. The summed E-state index contributed by atoms with van der Waals surface area (Å²) in [5, 5.41) is 4.05. The first kappa shape index (κ1) is 10.5. The van der Waals surface area contributed by atoms with Gasteiger partial charge in [-0.1, -0.05) is 11.6 Å². The second-order valence-corrected chi connectivity index (χ2v) is 4.56. The Morgan fingerprint density at radius 2 is 2.18 bits per heavy atom. The molecule has 17 heavy (non-hydrogen) atoms. The number of rotatable bonds is 1. The van der Waals surface area contributed by atoms with Gasteiger partial charge in [-0.2, -0.15) is 0 Å². The molecule has 88 valence electrons. The van der Waals surface area contributed by atoms with Gasteiger partial charge in [0.25, 0.3) is 0 Å². The Morgan fingerprint density at radius 3 is 2.94 bits per heavy atom. The van der Waals surface area contributed by atoms with Gasteiger partial charge in [0.2, 0.25) is 0 Å². The Labute approximate surface area is 104 Å². The zero-order valence-electron chi connectivity index (χ0n) is 9.31. The van der Waals surface area contributed by atoms with Crippen LogP contribution in [0.25, 0.3) is 0 Å². The van der Waals surface area contributed by atoms with Crippen LogP contribution in [0.2, 0.25) is 5.02 Å². The summed E-state index contributed by atoms with van der Waals surface area (Å²) in [5.74, 6) is 1.58. The molecule has 0 amide bonds. The average molecular weight is 250 g/mol. The van der Waals surface area contributed by atoms with E-state index in [1.165, 1.54) is 0 Å². The van der Waals surface area contributed by atoms with E-state index < -0.39 is 0 Å². The summed E-state index contributed by atoms with van der Waals surface area (Å²) >= 11 is 5.95. The fraction of sp³-hybridized carbons (Fsp3) is 0.231. The topological polar surface area (TPSA) is 34.4 Å². The lowest BCUT2D eigenvalue weighted by Gasteiger charge is -2.31. The summed E-state index contributed by atoms with van der Waals surface area (Å²) in [7, 11) is 0. The number of anilines is 1. The summed E-state index contributed by atoms with van der Waals surface area (Å²) in [6.45, 7) is 2.06. The Hall–Kier alpha value is -1.61. The van der Waals surface area contributed by atoms with Crippen molar-refractivity contribution in [1.29, 1.82) is 0 Å². The van der Waals surface area contributed by atoms with Crippen molar-refractivity contribution in [2.24, 2.45) is 0 Å². The van der Waals surface area contributed by atoms with Crippen LogP contribution in [-0.4, -0.2) is 6.04 Å². The third-order valence-electron chi connectivity index (χ3n) is 2.86.